The van der Waals surface area contributed by atoms with E-state index in [0.29, 0.717) is 32.0 Å². The minimum absolute atomic E-state index is 0.0214. The number of anilines is 2. The van der Waals surface area contributed by atoms with Crippen LogP contribution < -0.4 is 15.0 Å². The summed E-state index contributed by atoms with van der Waals surface area (Å²) in [6.07, 6.45) is -5.84. The molecule has 0 aromatic heterocycles. The average Bonchev–Trinajstić information content (AvgIpc) is 2.78. The first-order valence-electron chi connectivity index (χ1n) is 9.89. The quantitative estimate of drug-likeness (QED) is 0.673. The van der Waals surface area contributed by atoms with E-state index in [0.717, 1.165) is 12.1 Å². The second-order valence-corrected chi connectivity index (χ2v) is 7.07. The van der Waals surface area contributed by atoms with Gasteiger partial charge in [-0.1, -0.05) is 12.1 Å². The average molecular weight is 452 g/mol. The van der Waals surface area contributed by atoms with E-state index in [1.807, 2.05) is 4.90 Å². The lowest BCUT2D eigenvalue weighted by Gasteiger charge is -2.31. The van der Waals surface area contributed by atoms with Crippen molar-refractivity contribution < 1.29 is 37.0 Å². The summed E-state index contributed by atoms with van der Waals surface area (Å²) in [6.45, 7) is 3.10. The number of ether oxygens (including phenoxy) is 3. The van der Waals surface area contributed by atoms with Crippen LogP contribution in [0.2, 0.25) is 0 Å². The minimum Gasteiger partial charge on any atom is -0.496 e. The fourth-order valence-corrected chi connectivity index (χ4v) is 3.22. The molecule has 0 radical (unpaired) electrons. The standard InChI is InChI=1S/C22H23F3N2O5/c1-14(32-21(29)16-5-3-4-6-19(16)30-2)20(28)26-17-13-15(22(23,24)25)7-8-18(17)27-9-11-31-12-10-27/h3-8,13-14H,9-12H2,1-2H3,(H,26,28). The number of nitrogens with one attached hydrogen (secondary N) is 1. The molecule has 2 aromatic carbocycles. The number of amides is 1. The first-order valence-corrected chi connectivity index (χ1v) is 9.89. The molecule has 1 aliphatic heterocycles. The SMILES string of the molecule is COc1ccccc1C(=O)OC(C)C(=O)Nc1cc(C(F)(F)F)ccc1N1CCOCC1. The van der Waals surface area contributed by atoms with Gasteiger partial charge in [0.05, 0.1) is 37.3 Å². The van der Waals surface area contributed by atoms with E-state index >= 15 is 0 Å². The van der Waals surface area contributed by atoms with Crippen LogP contribution in [0.25, 0.3) is 0 Å². The van der Waals surface area contributed by atoms with Gasteiger partial charge in [0.1, 0.15) is 11.3 Å². The Labute approximate surface area is 183 Å². The van der Waals surface area contributed by atoms with Gasteiger partial charge in [0.25, 0.3) is 5.91 Å². The van der Waals surface area contributed by atoms with Gasteiger partial charge >= 0.3 is 12.1 Å². The molecule has 0 bridgehead atoms. The Morgan fingerprint density at radius 3 is 2.47 bits per heavy atom. The zero-order chi connectivity index (χ0) is 23.3. The second-order valence-electron chi connectivity index (χ2n) is 7.07. The third kappa shape index (κ3) is 5.50. The molecule has 3 rings (SSSR count). The van der Waals surface area contributed by atoms with Gasteiger partial charge in [-0.2, -0.15) is 13.2 Å². The normalized spacial score (nSPS) is 15.1. The summed E-state index contributed by atoms with van der Waals surface area (Å²) in [5.74, 6) is -1.28. The molecule has 172 valence electrons. The number of hydrogen-bond donors (Lipinski definition) is 1. The van der Waals surface area contributed by atoms with Crippen LogP contribution in [-0.4, -0.2) is 51.4 Å². The highest BCUT2D eigenvalue weighted by atomic mass is 19.4. The van der Waals surface area contributed by atoms with Gasteiger partial charge in [0.2, 0.25) is 0 Å². The van der Waals surface area contributed by atoms with Crippen LogP contribution in [0.5, 0.6) is 5.75 Å². The van der Waals surface area contributed by atoms with Crippen molar-refractivity contribution in [2.24, 2.45) is 0 Å². The van der Waals surface area contributed by atoms with Crippen molar-refractivity contribution in [3.8, 4) is 5.75 Å². The number of esters is 1. The van der Waals surface area contributed by atoms with Crippen molar-refractivity contribution in [3.05, 3.63) is 53.6 Å². The minimum atomic E-state index is -4.58. The fraction of sp³-hybridized carbons (Fsp3) is 0.364. The highest BCUT2D eigenvalue weighted by Gasteiger charge is 2.32. The number of para-hydroxylation sites is 1. The molecule has 7 nitrogen and oxygen atoms in total. The topological polar surface area (TPSA) is 77.1 Å². The molecule has 1 saturated heterocycles. The molecule has 2 aromatic rings. The lowest BCUT2D eigenvalue weighted by molar-refractivity contribution is -0.137. The van der Waals surface area contributed by atoms with Crippen LogP contribution in [0.15, 0.2) is 42.5 Å². The number of carbonyl (C=O) groups excluding carboxylic acids is 2. The van der Waals surface area contributed by atoms with Crippen molar-refractivity contribution in [1.29, 1.82) is 0 Å². The number of hydrogen-bond acceptors (Lipinski definition) is 6. The third-order valence-electron chi connectivity index (χ3n) is 4.91. The Hall–Kier alpha value is -3.27. The smallest absolute Gasteiger partial charge is 0.416 e. The zero-order valence-electron chi connectivity index (χ0n) is 17.6. The van der Waals surface area contributed by atoms with E-state index < -0.39 is 29.7 Å². The van der Waals surface area contributed by atoms with Gasteiger partial charge in [-0.05, 0) is 37.3 Å². The van der Waals surface area contributed by atoms with Crippen LogP contribution in [0.3, 0.4) is 0 Å². The maximum absolute atomic E-state index is 13.2. The summed E-state index contributed by atoms with van der Waals surface area (Å²) in [5, 5.41) is 2.48. The van der Waals surface area contributed by atoms with E-state index in [1.165, 1.54) is 26.2 Å². The number of benzene rings is 2. The highest BCUT2D eigenvalue weighted by Crippen LogP contribution is 2.36. The first-order chi connectivity index (χ1) is 15.2. The Morgan fingerprint density at radius 1 is 1.12 bits per heavy atom. The van der Waals surface area contributed by atoms with Gasteiger partial charge in [0.15, 0.2) is 6.10 Å². The van der Waals surface area contributed by atoms with Crippen LogP contribution in [-0.2, 0) is 20.4 Å². The number of carbonyl (C=O) groups is 2. The molecule has 1 amide bonds. The summed E-state index contributed by atoms with van der Waals surface area (Å²) in [7, 11) is 1.39. The number of alkyl halides is 3. The van der Waals surface area contributed by atoms with Crippen LogP contribution in [0, 0.1) is 0 Å². The number of nitrogens with zero attached hydrogens (tertiary/aromatic N) is 1. The van der Waals surface area contributed by atoms with Crippen molar-refractivity contribution >= 4 is 23.3 Å². The molecule has 1 unspecified atom stereocenters. The molecule has 1 atom stereocenters. The van der Waals surface area contributed by atoms with E-state index in [1.54, 1.807) is 18.2 Å². The Morgan fingerprint density at radius 2 is 1.81 bits per heavy atom. The Balaban J connectivity index is 1.79. The van der Waals surface area contributed by atoms with E-state index in [4.69, 9.17) is 14.2 Å². The number of methoxy groups -OCH3 is 1. The molecular formula is C22H23F3N2O5. The summed E-state index contributed by atoms with van der Waals surface area (Å²) in [6, 6.07) is 9.49. The van der Waals surface area contributed by atoms with Gasteiger partial charge in [-0.3, -0.25) is 4.79 Å². The number of halogens is 3. The van der Waals surface area contributed by atoms with Crippen LogP contribution in [0.4, 0.5) is 24.5 Å². The summed E-state index contributed by atoms with van der Waals surface area (Å²) < 4.78 is 55.3. The molecule has 0 spiro atoms. The Bertz CT molecular complexity index is 974. The Kier molecular flexibility index (Phi) is 7.24. The number of rotatable bonds is 6. The molecule has 1 aliphatic rings. The van der Waals surface area contributed by atoms with Crippen LogP contribution in [0.1, 0.15) is 22.8 Å². The van der Waals surface area contributed by atoms with Gasteiger partial charge in [0, 0.05) is 13.1 Å². The van der Waals surface area contributed by atoms with E-state index in [-0.39, 0.29) is 17.0 Å². The molecule has 0 saturated carbocycles. The summed E-state index contributed by atoms with van der Waals surface area (Å²) in [4.78, 5) is 26.9. The summed E-state index contributed by atoms with van der Waals surface area (Å²) in [5.41, 5.74) is -0.365. The van der Waals surface area contributed by atoms with Gasteiger partial charge < -0.3 is 24.4 Å². The second kappa shape index (κ2) is 9.90. The predicted octanol–water partition coefficient (Wildman–Crippen LogP) is 3.73. The molecule has 1 heterocycles. The molecule has 1 N–H and O–H groups in total. The van der Waals surface area contributed by atoms with Crippen LogP contribution >= 0.6 is 0 Å². The van der Waals surface area contributed by atoms with Crippen molar-refractivity contribution in [2.75, 3.05) is 43.6 Å². The zero-order valence-corrected chi connectivity index (χ0v) is 17.6. The maximum Gasteiger partial charge on any atom is 0.416 e. The van der Waals surface area contributed by atoms with Crippen molar-refractivity contribution in [1.82, 2.24) is 0 Å². The van der Waals surface area contributed by atoms with Crippen molar-refractivity contribution in [3.63, 3.8) is 0 Å². The summed E-state index contributed by atoms with van der Waals surface area (Å²) >= 11 is 0. The van der Waals surface area contributed by atoms with E-state index in [9.17, 15) is 22.8 Å². The van der Waals surface area contributed by atoms with Gasteiger partial charge in [-0.15, -0.1) is 0 Å². The highest BCUT2D eigenvalue weighted by molar-refractivity contribution is 6.00. The lowest BCUT2D eigenvalue weighted by atomic mass is 10.1. The fourth-order valence-electron chi connectivity index (χ4n) is 3.22. The predicted molar refractivity (Wildman–Crippen MR) is 111 cm³/mol. The van der Waals surface area contributed by atoms with Crippen molar-refractivity contribution in [2.45, 2.75) is 19.2 Å². The lowest BCUT2D eigenvalue weighted by Crippen LogP contribution is -2.37. The maximum atomic E-state index is 13.2. The molecule has 0 aliphatic carbocycles. The van der Waals surface area contributed by atoms with Gasteiger partial charge in [-0.25, -0.2) is 4.79 Å². The first kappa shape index (κ1) is 23.4. The molecular weight excluding hydrogens is 429 g/mol. The van der Waals surface area contributed by atoms with E-state index in [2.05, 4.69) is 5.32 Å². The number of morpholine rings is 1. The monoisotopic (exact) mass is 452 g/mol. The third-order valence-corrected chi connectivity index (χ3v) is 4.91. The molecule has 10 heteroatoms. The molecule has 1 fully saturated rings. The largest absolute Gasteiger partial charge is 0.496 e. The molecule has 32 heavy (non-hydrogen) atoms.